The number of aliphatic hydroxyl groups is 2. The molecule has 0 aliphatic heterocycles. The van der Waals surface area contributed by atoms with Crippen LogP contribution in [0.25, 0.3) is 0 Å². The van der Waals surface area contributed by atoms with Crippen molar-refractivity contribution in [2.45, 2.75) is 26.0 Å². The lowest BCUT2D eigenvalue weighted by Gasteiger charge is -2.21. The van der Waals surface area contributed by atoms with Crippen LogP contribution in [0.3, 0.4) is 0 Å². The van der Waals surface area contributed by atoms with E-state index in [0.717, 1.165) is 0 Å². The van der Waals surface area contributed by atoms with Gasteiger partial charge in [-0.3, -0.25) is 4.98 Å². The zero-order valence-corrected chi connectivity index (χ0v) is 9.80. The molecule has 0 saturated heterocycles. The molecule has 0 aromatic carbocycles. The highest BCUT2D eigenvalue weighted by Crippen LogP contribution is 2.08. The number of aliphatic hydroxyl groups excluding tert-OH is 2. The third kappa shape index (κ3) is 3.89. The molecule has 0 fully saturated rings. The number of hydrogen-bond acceptors (Lipinski definition) is 4. The first-order valence-corrected chi connectivity index (χ1v) is 5.58. The van der Waals surface area contributed by atoms with E-state index in [1.165, 1.54) is 0 Å². The molecule has 1 aromatic heterocycles. The molecule has 0 aliphatic rings. The maximum atomic E-state index is 9.84. The molecule has 3 N–H and O–H groups in total. The minimum Gasteiger partial charge on any atom is -0.395 e. The van der Waals surface area contributed by atoms with E-state index < -0.39 is 6.10 Å². The first-order chi connectivity index (χ1) is 7.65. The third-order valence-corrected chi connectivity index (χ3v) is 2.60. The number of rotatable bonds is 6. The Labute approximate surface area is 96.3 Å². The Morgan fingerprint density at radius 1 is 1.38 bits per heavy atom. The predicted molar refractivity (Wildman–Crippen MR) is 62.9 cm³/mol. The molecule has 0 saturated carbocycles. The maximum absolute atomic E-state index is 9.84. The molecule has 1 aromatic rings. The minimum atomic E-state index is -0.631. The smallest absolute Gasteiger partial charge is 0.108 e. The van der Waals surface area contributed by atoms with Crippen molar-refractivity contribution >= 4 is 0 Å². The van der Waals surface area contributed by atoms with Crippen molar-refractivity contribution in [3.63, 3.8) is 0 Å². The average molecular weight is 224 g/mol. The fourth-order valence-electron chi connectivity index (χ4n) is 1.45. The number of nitrogens with zero attached hydrogens (tertiary/aromatic N) is 1. The second-order valence-electron chi connectivity index (χ2n) is 4.21. The molecule has 0 spiro atoms. The molecule has 90 valence electrons. The van der Waals surface area contributed by atoms with Gasteiger partial charge in [0.1, 0.15) is 6.10 Å². The second-order valence-corrected chi connectivity index (χ2v) is 4.21. The van der Waals surface area contributed by atoms with Gasteiger partial charge in [-0.2, -0.15) is 0 Å². The maximum Gasteiger partial charge on any atom is 0.108 e. The van der Waals surface area contributed by atoms with Crippen molar-refractivity contribution in [1.82, 2.24) is 10.3 Å². The van der Waals surface area contributed by atoms with Gasteiger partial charge in [-0.1, -0.05) is 19.9 Å². The van der Waals surface area contributed by atoms with E-state index in [9.17, 15) is 5.11 Å². The molecule has 0 bridgehead atoms. The average Bonchev–Trinajstić information content (AvgIpc) is 2.30. The van der Waals surface area contributed by atoms with Crippen LogP contribution in [0.1, 0.15) is 25.6 Å². The molecule has 0 radical (unpaired) electrons. The van der Waals surface area contributed by atoms with Gasteiger partial charge in [0, 0.05) is 18.8 Å². The van der Waals surface area contributed by atoms with Gasteiger partial charge in [0.05, 0.1) is 12.3 Å². The van der Waals surface area contributed by atoms with Gasteiger partial charge < -0.3 is 15.5 Å². The highest BCUT2D eigenvalue weighted by molar-refractivity contribution is 5.06. The monoisotopic (exact) mass is 224 g/mol. The molecule has 1 rings (SSSR count). The second kappa shape index (κ2) is 6.58. The van der Waals surface area contributed by atoms with Crippen molar-refractivity contribution in [2.24, 2.45) is 5.92 Å². The first-order valence-electron chi connectivity index (χ1n) is 5.58. The summed E-state index contributed by atoms with van der Waals surface area (Å²) >= 11 is 0. The van der Waals surface area contributed by atoms with Gasteiger partial charge in [-0.05, 0) is 18.1 Å². The van der Waals surface area contributed by atoms with Crippen LogP contribution in [0.2, 0.25) is 0 Å². The third-order valence-electron chi connectivity index (χ3n) is 2.60. The summed E-state index contributed by atoms with van der Waals surface area (Å²) in [7, 11) is 0. The molecule has 0 unspecified atom stereocenters. The molecular weight excluding hydrogens is 204 g/mol. The van der Waals surface area contributed by atoms with E-state index in [0.29, 0.717) is 18.2 Å². The summed E-state index contributed by atoms with van der Waals surface area (Å²) in [6.07, 6.45) is 1.03. The highest BCUT2D eigenvalue weighted by atomic mass is 16.3. The Bertz CT molecular complexity index is 290. The van der Waals surface area contributed by atoms with Gasteiger partial charge in [0.25, 0.3) is 0 Å². The quantitative estimate of drug-likeness (QED) is 0.666. The van der Waals surface area contributed by atoms with E-state index in [2.05, 4.69) is 10.3 Å². The summed E-state index contributed by atoms with van der Waals surface area (Å²) in [4.78, 5) is 4.07. The van der Waals surface area contributed by atoms with E-state index >= 15 is 0 Å². The van der Waals surface area contributed by atoms with E-state index in [-0.39, 0.29) is 12.6 Å². The minimum absolute atomic E-state index is 0.0124. The molecule has 1 heterocycles. The Kier molecular flexibility index (Phi) is 5.38. The summed E-state index contributed by atoms with van der Waals surface area (Å²) < 4.78 is 0. The van der Waals surface area contributed by atoms with Crippen molar-refractivity contribution in [1.29, 1.82) is 0 Å². The van der Waals surface area contributed by atoms with Crippen LogP contribution in [-0.2, 0) is 0 Å². The molecule has 2 atom stereocenters. The van der Waals surface area contributed by atoms with E-state index in [1.54, 1.807) is 12.3 Å². The lowest BCUT2D eigenvalue weighted by Crippen LogP contribution is -2.39. The van der Waals surface area contributed by atoms with Crippen LogP contribution in [0, 0.1) is 5.92 Å². The summed E-state index contributed by atoms with van der Waals surface area (Å²) in [6.45, 7) is 4.54. The standard InChI is InChI=1S/C12H20N2O2/c1-9(2)11(8-15)14-7-12(16)10-5-3-4-6-13-10/h3-6,9,11-12,14-16H,7-8H2,1-2H3/t11-,12-/m1/s1. The van der Waals surface area contributed by atoms with Crippen LogP contribution >= 0.6 is 0 Å². The Morgan fingerprint density at radius 3 is 2.62 bits per heavy atom. The zero-order chi connectivity index (χ0) is 12.0. The van der Waals surface area contributed by atoms with Gasteiger partial charge in [0.15, 0.2) is 0 Å². The largest absolute Gasteiger partial charge is 0.395 e. The molecular formula is C12H20N2O2. The SMILES string of the molecule is CC(C)[C@@H](CO)NC[C@@H](O)c1ccccn1. The van der Waals surface area contributed by atoms with Gasteiger partial charge >= 0.3 is 0 Å². The summed E-state index contributed by atoms with van der Waals surface area (Å²) in [5.41, 5.74) is 0.649. The van der Waals surface area contributed by atoms with Gasteiger partial charge in [-0.15, -0.1) is 0 Å². The number of hydrogen-bond donors (Lipinski definition) is 3. The van der Waals surface area contributed by atoms with Crippen molar-refractivity contribution in [3.8, 4) is 0 Å². The van der Waals surface area contributed by atoms with Gasteiger partial charge in [0.2, 0.25) is 0 Å². The van der Waals surface area contributed by atoms with Crippen LogP contribution in [0.4, 0.5) is 0 Å². The molecule has 4 nitrogen and oxygen atoms in total. The van der Waals surface area contributed by atoms with Crippen molar-refractivity contribution < 1.29 is 10.2 Å². The summed E-state index contributed by atoms with van der Waals surface area (Å²) in [6, 6.07) is 5.46. The Hall–Kier alpha value is -0.970. The number of nitrogens with one attached hydrogen (secondary N) is 1. The molecule has 4 heteroatoms. The Balaban J connectivity index is 2.43. The van der Waals surface area contributed by atoms with Crippen LogP contribution in [0.5, 0.6) is 0 Å². The molecule has 16 heavy (non-hydrogen) atoms. The van der Waals surface area contributed by atoms with Crippen molar-refractivity contribution in [2.75, 3.05) is 13.2 Å². The summed E-state index contributed by atoms with van der Waals surface area (Å²) in [5.74, 6) is 0.334. The lowest BCUT2D eigenvalue weighted by molar-refractivity contribution is 0.145. The molecule has 0 amide bonds. The van der Waals surface area contributed by atoms with Crippen molar-refractivity contribution in [3.05, 3.63) is 30.1 Å². The number of pyridine rings is 1. The summed E-state index contributed by atoms with van der Waals surface area (Å²) in [5, 5.41) is 22.1. The topological polar surface area (TPSA) is 65.4 Å². The predicted octanol–water partition coefficient (Wildman–Crippen LogP) is 0.722. The fourth-order valence-corrected chi connectivity index (χ4v) is 1.45. The number of aromatic nitrogens is 1. The fraction of sp³-hybridized carbons (Fsp3) is 0.583. The zero-order valence-electron chi connectivity index (χ0n) is 9.80. The molecule has 0 aliphatic carbocycles. The van der Waals surface area contributed by atoms with Crippen LogP contribution in [-0.4, -0.2) is 34.4 Å². The van der Waals surface area contributed by atoms with Gasteiger partial charge in [-0.25, -0.2) is 0 Å². The van der Waals surface area contributed by atoms with E-state index in [4.69, 9.17) is 5.11 Å². The highest BCUT2D eigenvalue weighted by Gasteiger charge is 2.14. The van der Waals surface area contributed by atoms with Crippen LogP contribution in [0.15, 0.2) is 24.4 Å². The van der Waals surface area contributed by atoms with E-state index in [1.807, 2.05) is 26.0 Å². The first kappa shape index (κ1) is 13.1. The lowest BCUT2D eigenvalue weighted by atomic mass is 10.1. The normalized spacial score (nSPS) is 15.1. The Morgan fingerprint density at radius 2 is 2.12 bits per heavy atom. The van der Waals surface area contributed by atoms with Crippen LogP contribution < -0.4 is 5.32 Å².